The lowest BCUT2D eigenvalue weighted by atomic mass is 10.1. The van der Waals surface area contributed by atoms with E-state index in [0.29, 0.717) is 12.2 Å². The van der Waals surface area contributed by atoms with Gasteiger partial charge >= 0.3 is 6.18 Å². The predicted molar refractivity (Wildman–Crippen MR) is 67.0 cm³/mol. The normalized spacial score (nSPS) is 13.4. The molecule has 1 N–H and O–H groups in total. The Hall–Kier alpha value is -1.89. The highest BCUT2D eigenvalue weighted by Gasteiger charge is 2.34. The van der Waals surface area contributed by atoms with Crippen molar-refractivity contribution in [3.8, 4) is 11.5 Å². The quantitative estimate of drug-likeness (QED) is 0.938. The molecule has 1 heterocycles. The number of alkyl halides is 3. The third-order valence-corrected chi connectivity index (χ3v) is 2.91. The van der Waals surface area contributed by atoms with Crippen LogP contribution in [0.2, 0.25) is 0 Å². The molecule has 20 heavy (non-hydrogen) atoms. The molecule has 7 heteroatoms. The van der Waals surface area contributed by atoms with Crippen LogP contribution in [0.3, 0.4) is 0 Å². The van der Waals surface area contributed by atoms with Gasteiger partial charge in [0.25, 0.3) is 5.89 Å². The summed E-state index contributed by atoms with van der Waals surface area (Å²) in [5.74, 6) is 0.259. The van der Waals surface area contributed by atoms with Crippen LogP contribution in [0, 0.1) is 0 Å². The molecule has 0 aliphatic heterocycles. The Morgan fingerprint density at radius 1 is 1.30 bits per heavy atom. The highest BCUT2D eigenvalue weighted by atomic mass is 19.4. The zero-order valence-corrected chi connectivity index (χ0v) is 11.0. The van der Waals surface area contributed by atoms with Crippen molar-refractivity contribution >= 4 is 0 Å². The first-order valence-electron chi connectivity index (χ1n) is 6.08. The third kappa shape index (κ3) is 3.16. The standard InChI is InChI=1S/C13H14F3N3O/c1-8(17-2)7-11-18-12(20-19-11)9-5-3-4-6-10(9)13(14,15)16/h3-6,8,17H,7H2,1-2H3. The molecule has 0 saturated carbocycles. The molecule has 1 atom stereocenters. The Morgan fingerprint density at radius 2 is 2.00 bits per heavy atom. The molecule has 0 aliphatic rings. The molecule has 1 unspecified atom stereocenters. The first kappa shape index (κ1) is 14.5. The van der Waals surface area contributed by atoms with Crippen molar-refractivity contribution in [3.05, 3.63) is 35.7 Å². The SMILES string of the molecule is CNC(C)Cc1noc(-c2ccccc2C(F)(F)F)n1. The number of benzene rings is 1. The highest BCUT2D eigenvalue weighted by molar-refractivity contribution is 5.59. The maximum atomic E-state index is 12.9. The fraction of sp³-hybridized carbons (Fsp3) is 0.385. The summed E-state index contributed by atoms with van der Waals surface area (Å²) in [4.78, 5) is 4.02. The van der Waals surface area contributed by atoms with Crippen molar-refractivity contribution in [3.63, 3.8) is 0 Å². The molecule has 0 radical (unpaired) electrons. The van der Waals surface area contributed by atoms with Crippen LogP contribution in [0.1, 0.15) is 18.3 Å². The summed E-state index contributed by atoms with van der Waals surface area (Å²) in [5.41, 5.74) is -0.882. The lowest BCUT2D eigenvalue weighted by molar-refractivity contribution is -0.137. The fourth-order valence-corrected chi connectivity index (χ4v) is 1.74. The Balaban J connectivity index is 2.33. The molecule has 0 aliphatic carbocycles. The van der Waals surface area contributed by atoms with Gasteiger partial charge < -0.3 is 9.84 Å². The van der Waals surface area contributed by atoms with Gasteiger partial charge in [0, 0.05) is 12.5 Å². The van der Waals surface area contributed by atoms with Crippen molar-refractivity contribution in [2.75, 3.05) is 7.05 Å². The first-order valence-corrected chi connectivity index (χ1v) is 6.08. The Labute approximate surface area is 114 Å². The average Bonchev–Trinajstić information content (AvgIpc) is 2.86. The van der Waals surface area contributed by atoms with Crippen LogP contribution in [0.15, 0.2) is 28.8 Å². The highest BCUT2D eigenvalue weighted by Crippen LogP contribution is 2.36. The zero-order chi connectivity index (χ0) is 14.8. The molecule has 0 fully saturated rings. The fourth-order valence-electron chi connectivity index (χ4n) is 1.74. The van der Waals surface area contributed by atoms with Gasteiger partial charge in [0.1, 0.15) is 0 Å². The molecule has 2 rings (SSSR count). The van der Waals surface area contributed by atoms with Gasteiger partial charge in [0.05, 0.1) is 11.1 Å². The van der Waals surface area contributed by atoms with Gasteiger partial charge in [-0.05, 0) is 26.1 Å². The summed E-state index contributed by atoms with van der Waals surface area (Å²) < 4.78 is 43.7. The number of aromatic nitrogens is 2. The van der Waals surface area contributed by atoms with Gasteiger partial charge in [-0.1, -0.05) is 17.3 Å². The summed E-state index contributed by atoms with van der Waals surface area (Å²) in [6.07, 6.45) is -3.97. The molecule has 1 aromatic heterocycles. The van der Waals surface area contributed by atoms with Crippen LogP contribution in [-0.4, -0.2) is 23.2 Å². The van der Waals surface area contributed by atoms with E-state index < -0.39 is 11.7 Å². The van der Waals surface area contributed by atoms with Crippen LogP contribution < -0.4 is 5.32 Å². The molecule has 2 aromatic rings. The number of nitrogens with zero attached hydrogens (tertiary/aromatic N) is 2. The monoisotopic (exact) mass is 285 g/mol. The number of hydrogen-bond acceptors (Lipinski definition) is 4. The second-order valence-electron chi connectivity index (χ2n) is 4.45. The first-order chi connectivity index (χ1) is 9.41. The molecule has 1 aromatic carbocycles. The van der Waals surface area contributed by atoms with Crippen molar-refractivity contribution in [1.29, 1.82) is 0 Å². The van der Waals surface area contributed by atoms with Crippen LogP contribution in [0.25, 0.3) is 11.5 Å². The van der Waals surface area contributed by atoms with Crippen molar-refractivity contribution in [1.82, 2.24) is 15.5 Å². The number of nitrogens with one attached hydrogen (secondary N) is 1. The van der Waals surface area contributed by atoms with E-state index in [-0.39, 0.29) is 17.5 Å². The molecular formula is C13H14F3N3O. The van der Waals surface area contributed by atoms with E-state index in [1.165, 1.54) is 18.2 Å². The molecule has 0 bridgehead atoms. The second-order valence-corrected chi connectivity index (χ2v) is 4.45. The molecule has 0 amide bonds. The summed E-state index contributed by atoms with van der Waals surface area (Å²) in [6, 6.07) is 5.26. The number of halogens is 3. The van der Waals surface area contributed by atoms with E-state index in [1.54, 1.807) is 7.05 Å². The minimum absolute atomic E-state index is 0.101. The number of hydrogen-bond donors (Lipinski definition) is 1. The molecule has 108 valence electrons. The maximum absolute atomic E-state index is 12.9. The van der Waals surface area contributed by atoms with E-state index in [1.807, 2.05) is 6.92 Å². The van der Waals surface area contributed by atoms with Crippen LogP contribution in [0.4, 0.5) is 13.2 Å². The van der Waals surface area contributed by atoms with Crippen molar-refractivity contribution in [2.24, 2.45) is 0 Å². The second kappa shape index (κ2) is 5.62. The summed E-state index contributed by atoms with van der Waals surface area (Å²) in [6.45, 7) is 1.92. The Morgan fingerprint density at radius 3 is 2.65 bits per heavy atom. The minimum atomic E-state index is -4.45. The Bertz CT molecular complexity index is 580. The van der Waals surface area contributed by atoms with E-state index in [2.05, 4.69) is 15.5 Å². The van der Waals surface area contributed by atoms with Gasteiger partial charge in [-0.2, -0.15) is 18.2 Å². The van der Waals surface area contributed by atoms with Crippen molar-refractivity contribution in [2.45, 2.75) is 25.6 Å². The summed E-state index contributed by atoms with van der Waals surface area (Å²) >= 11 is 0. The van der Waals surface area contributed by atoms with E-state index >= 15 is 0 Å². The molecule has 4 nitrogen and oxygen atoms in total. The maximum Gasteiger partial charge on any atom is 0.417 e. The number of likely N-dealkylation sites (N-methyl/N-ethyl adjacent to an activating group) is 1. The van der Waals surface area contributed by atoms with E-state index in [0.717, 1.165) is 6.07 Å². The number of rotatable bonds is 4. The molecular weight excluding hydrogens is 271 g/mol. The third-order valence-electron chi connectivity index (χ3n) is 2.91. The summed E-state index contributed by atoms with van der Waals surface area (Å²) in [5, 5.41) is 6.71. The smallest absolute Gasteiger partial charge is 0.334 e. The van der Waals surface area contributed by atoms with Gasteiger partial charge in [-0.25, -0.2) is 0 Å². The van der Waals surface area contributed by atoms with Crippen molar-refractivity contribution < 1.29 is 17.7 Å². The lowest BCUT2D eigenvalue weighted by Gasteiger charge is -2.09. The Kier molecular flexibility index (Phi) is 4.08. The van der Waals surface area contributed by atoms with Crippen LogP contribution >= 0.6 is 0 Å². The summed E-state index contributed by atoms with van der Waals surface area (Å²) in [7, 11) is 1.78. The zero-order valence-electron chi connectivity index (χ0n) is 11.0. The average molecular weight is 285 g/mol. The van der Waals surface area contributed by atoms with Gasteiger partial charge in [-0.3, -0.25) is 0 Å². The molecule has 0 spiro atoms. The van der Waals surface area contributed by atoms with Gasteiger partial charge in [-0.15, -0.1) is 0 Å². The lowest BCUT2D eigenvalue weighted by Crippen LogP contribution is -2.24. The largest absolute Gasteiger partial charge is 0.417 e. The van der Waals surface area contributed by atoms with Gasteiger partial charge in [0.15, 0.2) is 5.82 Å². The van der Waals surface area contributed by atoms with Gasteiger partial charge in [0.2, 0.25) is 0 Å². The molecule has 0 saturated heterocycles. The van der Waals surface area contributed by atoms with E-state index in [9.17, 15) is 13.2 Å². The van der Waals surface area contributed by atoms with Crippen LogP contribution in [0.5, 0.6) is 0 Å². The van der Waals surface area contributed by atoms with Crippen LogP contribution in [-0.2, 0) is 12.6 Å². The van der Waals surface area contributed by atoms with E-state index in [4.69, 9.17) is 4.52 Å². The predicted octanol–water partition coefficient (Wildman–Crippen LogP) is 2.91. The topological polar surface area (TPSA) is 51.0 Å². The minimum Gasteiger partial charge on any atom is -0.334 e.